The number of hydrogen-bond acceptors (Lipinski definition) is 4. The standard InChI is InChI=1S/C58H58N4O2/c1-4-7-9-11-13-21-39-63-45-28-38-56(64-40-22-14-12-10-8-5-2)44(41-45)27-29-47-50-32-36-54(61-50)57(42-23-17-15-18-24-42)52-34-30-48(59-52)46(6-3)49-31-35-53(60-49)58(43-25-19-16-20-26-43)55-37-33-51(47)62-55/h3,15-20,23-26,28,30-38,41,59-60H,4-5,7-14,21-22,39-40H2,1-2H3. The maximum Gasteiger partial charge on any atom is 0.135 e. The highest BCUT2D eigenvalue weighted by atomic mass is 16.5. The molecule has 8 rings (SSSR count). The highest BCUT2D eigenvalue weighted by Gasteiger charge is 2.18. The van der Waals surface area contributed by atoms with E-state index in [1.165, 1.54) is 57.8 Å². The molecule has 0 fully saturated rings. The third-order valence-corrected chi connectivity index (χ3v) is 11.8. The van der Waals surface area contributed by atoms with Gasteiger partial charge in [-0.05, 0) is 90.7 Å². The predicted octanol–water partition coefficient (Wildman–Crippen LogP) is 14.8. The molecule has 0 saturated carbocycles. The van der Waals surface area contributed by atoms with Gasteiger partial charge in [0.15, 0.2) is 0 Å². The number of rotatable bonds is 18. The van der Waals surface area contributed by atoms with Crippen molar-refractivity contribution < 1.29 is 9.47 Å². The summed E-state index contributed by atoms with van der Waals surface area (Å²) >= 11 is 0. The second-order valence-corrected chi connectivity index (χ2v) is 16.5. The zero-order chi connectivity index (χ0) is 43.9. The Labute approximate surface area is 379 Å². The van der Waals surface area contributed by atoms with Crippen molar-refractivity contribution in [1.29, 1.82) is 0 Å². The van der Waals surface area contributed by atoms with Crippen LogP contribution in [0.25, 0.3) is 68.6 Å². The van der Waals surface area contributed by atoms with Crippen LogP contribution in [0.15, 0.2) is 103 Å². The first kappa shape index (κ1) is 43.6. The fraction of sp³-hybridized carbons (Fsp3) is 0.276. The van der Waals surface area contributed by atoms with E-state index in [9.17, 15) is 0 Å². The van der Waals surface area contributed by atoms with Gasteiger partial charge in [0.1, 0.15) is 11.5 Å². The Bertz CT molecular complexity index is 2740. The van der Waals surface area contributed by atoms with Crippen molar-refractivity contribution in [3.8, 4) is 57.9 Å². The minimum Gasteiger partial charge on any atom is -0.494 e. The highest BCUT2D eigenvalue weighted by Crippen LogP contribution is 2.34. The molecule has 64 heavy (non-hydrogen) atoms. The molecule has 0 amide bonds. The summed E-state index contributed by atoms with van der Waals surface area (Å²) < 4.78 is 12.8. The number of aromatic amines is 2. The molecule has 2 aliphatic rings. The van der Waals surface area contributed by atoms with Crippen LogP contribution >= 0.6 is 0 Å². The fourth-order valence-electron chi connectivity index (χ4n) is 8.40. The lowest BCUT2D eigenvalue weighted by molar-refractivity contribution is 0.295. The van der Waals surface area contributed by atoms with Crippen molar-refractivity contribution in [1.82, 2.24) is 19.9 Å². The van der Waals surface area contributed by atoms with E-state index in [2.05, 4.69) is 90.1 Å². The molecule has 8 bridgehead atoms. The first-order valence-corrected chi connectivity index (χ1v) is 23.3. The Balaban J connectivity index is 1.30. The van der Waals surface area contributed by atoms with Gasteiger partial charge >= 0.3 is 0 Å². The average Bonchev–Trinajstić information content (AvgIpc) is 4.18. The third kappa shape index (κ3) is 10.6. The van der Waals surface area contributed by atoms with Gasteiger partial charge in [-0.15, -0.1) is 6.42 Å². The molecule has 0 saturated heterocycles. The third-order valence-electron chi connectivity index (χ3n) is 11.8. The number of H-pyrrole nitrogens is 2. The van der Waals surface area contributed by atoms with Crippen LogP contribution in [-0.2, 0) is 0 Å². The first-order valence-electron chi connectivity index (χ1n) is 23.3. The van der Waals surface area contributed by atoms with E-state index in [-0.39, 0.29) is 0 Å². The summed E-state index contributed by atoms with van der Waals surface area (Å²) in [6.45, 7) is 5.80. The minimum absolute atomic E-state index is 0.634. The summed E-state index contributed by atoms with van der Waals surface area (Å²) in [6.07, 6.45) is 28.9. The number of unbranched alkanes of at least 4 members (excludes halogenated alkanes) is 10. The van der Waals surface area contributed by atoms with Crippen LogP contribution in [-0.4, -0.2) is 33.1 Å². The van der Waals surface area contributed by atoms with Crippen molar-refractivity contribution in [2.24, 2.45) is 0 Å². The molecule has 0 aliphatic carbocycles. The lowest BCUT2D eigenvalue weighted by atomic mass is 10.0. The molecule has 0 atom stereocenters. The number of benzene rings is 3. The number of nitrogens with zero attached hydrogens (tertiary/aromatic N) is 2. The van der Waals surface area contributed by atoms with E-state index < -0.39 is 0 Å². The van der Waals surface area contributed by atoms with Crippen LogP contribution in [0.5, 0.6) is 11.5 Å². The zero-order valence-electron chi connectivity index (χ0n) is 37.3. The molecule has 0 unspecified atom stereocenters. The molecule has 2 N–H and O–H groups in total. The molecular weight excluding hydrogens is 785 g/mol. The zero-order valence-corrected chi connectivity index (χ0v) is 37.3. The van der Waals surface area contributed by atoms with Gasteiger partial charge in [-0.3, -0.25) is 0 Å². The monoisotopic (exact) mass is 842 g/mol. The predicted molar refractivity (Wildman–Crippen MR) is 268 cm³/mol. The van der Waals surface area contributed by atoms with E-state index in [0.29, 0.717) is 18.8 Å². The van der Waals surface area contributed by atoms with Gasteiger partial charge in [0.25, 0.3) is 0 Å². The molecule has 5 heterocycles. The fourth-order valence-corrected chi connectivity index (χ4v) is 8.40. The molecule has 0 spiro atoms. The quantitative estimate of drug-likeness (QED) is 0.0666. The maximum atomic E-state index is 6.48. The van der Waals surface area contributed by atoms with Crippen molar-refractivity contribution in [3.63, 3.8) is 0 Å². The molecule has 2 aliphatic heterocycles. The van der Waals surface area contributed by atoms with Gasteiger partial charge in [0.2, 0.25) is 0 Å². The highest BCUT2D eigenvalue weighted by molar-refractivity contribution is 5.95. The van der Waals surface area contributed by atoms with Crippen LogP contribution in [0.4, 0.5) is 0 Å². The number of aromatic nitrogens is 4. The Morgan fingerprint density at radius 3 is 1.50 bits per heavy atom. The average molecular weight is 843 g/mol. The molecule has 3 aromatic carbocycles. The summed E-state index contributed by atoms with van der Waals surface area (Å²) in [5.41, 5.74) is 12.7. The summed E-state index contributed by atoms with van der Waals surface area (Å²) in [4.78, 5) is 18.0. The Hall–Kier alpha value is -7.02. The van der Waals surface area contributed by atoms with Gasteiger partial charge in [-0.25, -0.2) is 9.97 Å². The van der Waals surface area contributed by atoms with Crippen molar-refractivity contribution in [2.75, 3.05) is 13.2 Å². The van der Waals surface area contributed by atoms with E-state index in [1.807, 2.05) is 78.9 Å². The van der Waals surface area contributed by atoms with Gasteiger partial charge in [0.05, 0.1) is 63.7 Å². The smallest absolute Gasteiger partial charge is 0.135 e. The molecule has 6 aromatic rings. The number of nitrogens with one attached hydrogen (secondary N) is 2. The van der Waals surface area contributed by atoms with E-state index >= 15 is 0 Å². The van der Waals surface area contributed by atoms with Gasteiger partial charge in [0, 0.05) is 22.2 Å². The molecule has 0 radical (unpaired) electrons. The van der Waals surface area contributed by atoms with E-state index in [4.69, 9.17) is 25.9 Å². The normalized spacial score (nSPS) is 11.6. The van der Waals surface area contributed by atoms with E-state index in [1.54, 1.807) is 0 Å². The van der Waals surface area contributed by atoms with Crippen LogP contribution in [0, 0.1) is 24.2 Å². The molecular formula is C58H58N4O2. The lowest BCUT2D eigenvalue weighted by Crippen LogP contribution is -2.01. The lowest BCUT2D eigenvalue weighted by Gasteiger charge is -2.11. The van der Waals surface area contributed by atoms with Crippen molar-refractivity contribution in [3.05, 3.63) is 143 Å². The summed E-state index contributed by atoms with van der Waals surface area (Å²) in [7, 11) is 0. The van der Waals surface area contributed by atoms with Gasteiger partial charge in [-0.2, -0.15) is 0 Å². The summed E-state index contributed by atoms with van der Waals surface area (Å²) in [5, 5.41) is 0. The van der Waals surface area contributed by atoms with Gasteiger partial charge < -0.3 is 19.4 Å². The maximum absolute atomic E-state index is 6.48. The molecule has 6 heteroatoms. The number of hydrogen-bond donors (Lipinski definition) is 2. The summed E-state index contributed by atoms with van der Waals surface area (Å²) in [6, 6.07) is 35.0. The Kier molecular flexibility index (Phi) is 14.9. The number of fused-ring (bicyclic) bond motifs is 8. The van der Waals surface area contributed by atoms with Crippen molar-refractivity contribution >= 4 is 46.4 Å². The van der Waals surface area contributed by atoms with Crippen LogP contribution < -0.4 is 9.47 Å². The van der Waals surface area contributed by atoms with Crippen molar-refractivity contribution in [2.45, 2.75) is 90.9 Å². The van der Waals surface area contributed by atoms with Gasteiger partial charge in [-0.1, -0.05) is 156 Å². The second-order valence-electron chi connectivity index (χ2n) is 16.5. The van der Waals surface area contributed by atoms with E-state index in [0.717, 1.165) is 109 Å². The topological polar surface area (TPSA) is 75.8 Å². The molecule has 3 aromatic heterocycles. The second kappa shape index (κ2) is 21.9. The summed E-state index contributed by atoms with van der Waals surface area (Å²) in [5.74, 6) is 11.6. The Morgan fingerprint density at radius 2 is 0.969 bits per heavy atom. The van der Waals surface area contributed by atoms with Crippen LogP contribution in [0.1, 0.15) is 130 Å². The van der Waals surface area contributed by atoms with Crippen LogP contribution in [0.2, 0.25) is 0 Å². The Morgan fingerprint density at radius 1 is 0.484 bits per heavy atom. The largest absolute Gasteiger partial charge is 0.494 e. The first-order chi connectivity index (χ1) is 31.6. The molecule has 6 nitrogen and oxygen atoms in total. The number of terminal acetylenes is 1. The SMILES string of the molecule is C#Cc1c2ccc([nH]2)c(-c2ccccc2)c2nc(c(C#Cc3cc(OCCCCCCCC)ccc3OCCCCCCCC)c3nc(c(-c4ccccc4)c4ccc1[nH]4)C=C3)C=C2. The van der Waals surface area contributed by atoms with Crippen LogP contribution in [0.3, 0.4) is 0 Å². The number of ether oxygens (including phenoxy) is 2. The molecule has 322 valence electrons. The minimum atomic E-state index is 0.634.